The van der Waals surface area contributed by atoms with Gasteiger partial charge in [-0.3, -0.25) is 14.0 Å². The monoisotopic (exact) mass is 512 g/mol. The average Bonchev–Trinajstić information content (AvgIpc) is 3.43. The van der Waals surface area contributed by atoms with Gasteiger partial charge in [0.1, 0.15) is 16.9 Å². The Bertz CT molecular complexity index is 1680. The van der Waals surface area contributed by atoms with Gasteiger partial charge in [-0.05, 0) is 56.0 Å². The number of aromatic nitrogens is 3. The normalized spacial score (nSPS) is 16.1. The van der Waals surface area contributed by atoms with Crippen molar-refractivity contribution in [2.24, 2.45) is 4.99 Å². The largest absolute Gasteiger partial charge is 0.462 e. The van der Waals surface area contributed by atoms with Gasteiger partial charge >= 0.3 is 5.97 Å². The Balaban J connectivity index is 1.80. The highest BCUT2D eigenvalue weighted by atomic mass is 16.5. The van der Waals surface area contributed by atoms with Crippen LogP contribution in [0.1, 0.15) is 41.3 Å². The fourth-order valence-corrected chi connectivity index (χ4v) is 4.60. The summed E-state index contributed by atoms with van der Waals surface area (Å²) in [4.78, 5) is 48.9. The number of nitrogens with zero attached hydrogens (tertiary/aromatic N) is 4. The quantitative estimate of drug-likeness (QED) is 0.223. The van der Waals surface area contributed by atoms with Crippen LogP contribution in [0, 0.1) is 6.92 Å². The Labute approximate surface area is 218 Å². The zero-order chi connectivity index (χ0) is 26.6. The van der Waals surface area contributed by atoms with Gasteiger partial charge in [0.05, 0.1) is 24.6 Å². The number of carbonyl (C=O) groups is 2. The van der Waals surface area contributed by atoms with Crippen molar-refractivity contribution in [2.75, 3.05) is 13.2 Å². The van der Waals surface area contributed by atoms with Gasteiger partial charge in [-0.2, -0.15) is 4.99 Å². The van der Waals surface area contributed by atoms with Crippen LogP contribution in [-0.4, -0.2) is 45.1 Å². The maximum absolute atomic E-state index is 13.6. The molecule has 0 bridgehead atoms. The number of esters is 1. The van der Waals surface area contributed by atoms with E-state index in [1.807, 2.05) is 43.3 Å². The van der Waals surface area contributed by atoms with Crippen LogP contribution in [0.25, 0.3) is 22.8 Å². The molecule has 1 aliphatic heterocycles. The van der Waals surface area contributed by atoms with Gasteiger partial charge < -0.3 is 14.0 Å². The number of ether oxygens (including phenoxy) is 2. The molecular formula is C29H28N4O5. The number of fused-ring (bicyclic) bond motifs is 2. The molecule has 1 atom stereocenters. The maximum atomic E-state index is 13.6. The molecule has 0 spiro atoms. The van der Waals surface area contributed by atoms with Crippen molar-refractivity contribution in [1.29, 1.82) is 0 Å². The first-order valence-electron chi connectivity index (χ1n) is 12.6. The van der Waals surface area contributed by atoms with E-state index < -0.39 is 11.9 Å². The molecule has 4 heterocycles. The van der Waals surface area contributed by atoms with Crippen LogP contribution in [0.4, 0.5) is 0 Å². The van der Waals surface area contributed by atoms with Crippen LogP contribution in [0.3, 0.4) is 0 Å². The summed E-state index contributed by atoms with van der Waals surface area (Å²) in [7, 11) is 0. The fourth-order valence-electron chi connectivity index (χ4n) is 4.60. The highest BCUT2D eigenvalue weighted by Crippen LogP contribution is 2.18. The lowest BCUT2D eigenvalue weighted by molar-refractivity contribution is -0.113. The summed E-state index contributed by atoms with van der Waals surface area (Å²) >= 11 is 0. The molecule has 4 aromatic rings. The van der Waals surface area contributed by atoms with Crippen LogP contribution >= 0.6 is 0 Å². The second-order valence-corrected chi connectivity index (χ2v) is 9.08. The number of rotatable bonds is 6. The SMILES string of the molecule is CCOC(=O)c1cc2c(=O)n3cccc(C)c3nc2n(CC2CCCO2)c1=NC(=O)/C=C\c1ccccc1. The molecule has 38 heavy (non-hydrogen) atoms. The molecule has 1 saturated heterocycles. The molecule has 1 unspecified atom stereocenters. The molecule has 194 valence electrons. The smallest absolute Gasteiger partial charge is 0.341 e. The Kier molecular flexibility index (Phi) is 7.28. The molecule has 9 heteroatoms. The van der Waals surface area contributed by atoms with E-state index in [1.54, 1.807) is 29.8 Å². The molecule has 0 N–H and O–H groups in total. The minimum absolute atomic E-state index is 0.0188. The van der Waals surface area contributed by atoms with Crippen molar-refractivity contribution in [1.82, 2.24) is 14.0 Å². The highest BCUT2D eigenvalue weighted by Gasteiger charge is 2.23. The molecule has 1 aliphatic rings. The lowest BCUT2D eigenvalue weighted by Crippen LogP contribution is -2.35. The van der Waals surface area contributed by atoms with E-state index in [0.717, 1.165) is 24.0 Å². The number of pyridine rings is 2. The van der Waals surface area contributed by atoms with E-state index in [1.165, 1.54) is 16.5 Å². The van der Waals surface area contributed by atoms with E-state index in [-0.39, 0.29) is 41.3 Å². The van der Waals surface area contributed by atoms with E-state index in [9.17, 15) is 14.4 Å². The van der Waals surface area contributed by atoms with E-state index in [0.29, 0.717) is 17.9 Å². The molecule has 3 aromatic heterocycles. The molecule has 9 nitrogen and oxygen atoms in total. The number of hydrogen-bond acceptors (Lipinski definition) is 6. The van der Waals surface area contributed by atoms with E-state index >= 15 is 0 Å². The second kappa shape index (κ2) is 10.9. The topological polar surface area (TPSA) is 104 Å². The summed E-state index contributed by atoms with van der Waals surface area (Å²) in [6.07, 6.45) is 6.15. The van der Waals surface area contributed by atoms with Crippen LogP contribution in [0.2, 0.25) is 0 Å². The first kappa shape index (κ1) is 25.3. The van der Waals surface area contributed by atoms with E-state index in [2.05, 4.69) is 4.99 Å². The summed E-state index contributed by atoms with van der Waals surface area (Å²) in [5.74, 6) is -1.24. The third-order valence-electron chi connectivity index (χ3n) is 6.44. The molecule has 0 radical (unpaired) electrons. The van der Waals surface area contributed by atoms with Gasteiger partial charge in [-0.15, -0.1) is 0 Å². The minimum atomic E-state index is -0.678. The Hall–Kier alpha value is -4.37. The van der Waals surface area contributed by atoms with Crippen molar-refractivity contribution < 1.29 is 19.1 Å². The van der Waals surface area contributed by atoms with Crippen LogP contribution in [0.5, 0.6) is 0 Å². The van der Waals surface area contributed by atoms with Crippen molar-refractivity contribution in [3.8, 4) is 0 Å². The molecule has 1 fully saturated rings. The molecule has 5 rings (SSSR count). The third kappa shape index (κ3) is 5.05. The lowest BCUT2D eigenvalue weighted by Gasteiger charge is -2.18. The minimum Gasteiger partial charge on any atom is -0.462 e. The molecular weight excluding hydrogens is 484 g/mol. The van der Waals surface area contributed by atoms with E-state index in [4.69, 9.17) is 14.5 Å². The summed E-state index contributed by atoms with van der Waals surface area (Å²) < 4.78 is 14.3. The zero-order valence-electron chi connectivity index (χ0n) is 21.3. The van der Waals surface area contributed by atoms with Gasteiger partial charge in [0.15, 0.2) is 5.49 Å². The Morgan fingerprint density at radius 1 is 1.18 bits per heavy atom. The molecule has 0 saturated carbocycles. The molecule has 1 amide bonds. The number of amides is 1. The van der Waals surface area contributed by atoms with Gasteiger partial charge in [0, 0.05) is 18.9 Å². The summed E-state index contributed by atoms with van der Waals surface area (Å²) in [6.45, 7) is 4.57. The average molecular weight is 513 g/mol. The summed E-state index contributed by atoms with van der Waals surface area (Å²) in [6, 6.07) is 14.4. The van der Waals surface area contributed by atoms with Gasteiger partial charge in [-0.25, -0.2) is 9.78 Å². The standard InChI is InChI=1S/C29H28N4O5/c1-3-37-29(36)23-17-22-26(31-25-19(2)9-7-15-32(25)28(22)35)33(18-21-12-8-16-38-21)27(23)30-24(34)14-13-20-10-5-4-6-11-20/h4-7,9-11,13-15,17,21H,3,8,12,16,18H2,1-2H3/b14-13-,30-27?. The predicted molar refractivity (Wildman–Crippen MR) is 143 cm³/mol. The maximum Gasteiger partial charge on any atom is 0.341 e. The summed E-state index contributed by atoms with van der Waals surface area (Å²) in [5.41, 5.74) is 2.23. The highest BCUT2D eigenvalue weighted by molar-refractivity contribution is 5.96. The van der Waals surface area contributed by atoms with Crippen molar-refractivity contribution in [3.05, 3.63) is 93.3 Å². The molecule has 0 aliphatic carbocycles. The number of hydrogen-bond donors (Lipinski definition) is 0. The van der Waals surface area contributed by atoms with Crippen LogP contribution < -0.4 is 11.0 Å². The first-order valence-corrected chi connectivity index (χ1v) is 12.6. The molecule has 1 aromatic carbocycles. The van der Waals surface area contributed by atoms with Gasteiger partial charge in [-0.1, -0.05) is 36.4 Å². The summed E-state index contributed by atoms with van der Waals surface area (Å²) in [5, 5.41) is 0.223. The van der Waals surface area contributed by atoms with Crippen molar-refractivity contribution in [3.63, 3.8) is 0 Å². The predicted octanol–water partition coefficient (Wildman–Crippen LogP) is 3.45. The number of carbonyl (C=O) groups excluding carboxylic acids is 2. The van der Waals surface area contributed by atoms with Crippen molar-refractivity contribution in [2.45, 2.75) is 39.3 Å². The number of benzene rings is 1. The lowest BCUT2D eigenvalue weighted by atomic mass is 10.1. The number of aryl methyl sites for hydroxylation is 1. The van der Waals surface area contributed by atoms with Gasteiger partial charge in [0.2, 0.25) is 0 Å². The van der Waals surface area contributed by atoms with Crippen molar-refractivity contribution >= 4 is 34.6 Å². The first-order chi connectivity index (χ1) is 18.5. The van der Waals surface area contributed by atoms with Crippen LogP contribution in [0.15, 0.2) is 70.6 Å². The third-order valence-corrected chi connectivity index (χ3v) is 6.44. The van der Waals surface area contributed by atoms with Crippen LogP contribution in [-0.2, 0) is 20.8 Å². The second-order valence-electron chi connectivity index (χ2n) is 9.08. The zero-order valence-corrected chi connectivity index (χ0v) is 21.3. The van der Waals surface area contributed by atoms with Gasteiger partial charge in [0.25, 0.3) is 11.5 Å². The fraction of sp³-hybridized carbons (Fsp3) is 0.276. The Morgan fingerprint density at radius 3 is 2.74 bits per heavy atom. The Morgan fingerprint density at radius 2 is 2.00 bits per heavy atom.